The van der Waals surface area contributed by atoms with Gasteiger partial charge in [0.05, 0.1) is 5.56 Å². The largest absolute Gasteiger partial charge is 0.507 e. The molecule has 0 fully saturated rings. The van der Waals surface area contributed by atoms with Gasteiger partial charge in [-0.25, -0.2) is 0 Å². The van der Waals surface area contributed by atoms with Crippen molar-refractivity contribution in [1.82, 2.24) is 5.32 Å². The molecule has 0 saturated carbocycles. The van der Waals surface area contributed by atoms with Crippen LogP contribution in [0.3, 0.4) is 0 Å². The summed E-state index contributed by atoms with van der Waals surface area (Å²) in [6.45, 7) is 0. The Morgan fingerprint density at radius 3 is 2.46 bits per heavy atom. The fraction of sp³-hybridized carbons (Fsp3) is 0. The van der Waals surface area contributed by atoms with E-state index >= 15 is 0 Å². The molecule has 0 radical (unpaired) electrons. The summed E-state index contributed by atoms with van der Waals surface area (Å²) in [4.78, 5) is 24.6. The fourth-order valence-electron chi connectivity index (χ4n) is 2.66. The van der Waals surface area contributed by atoms with E-state index in [1.54, 1.807) is 60.7 Å². The number of nitrogen functional groups attached to an aromatic ring is 1. The van der Waals surface area contributed by atoms with Gasteiger partial charge >= 0.3 is 0 Å². The number of carbonyl (C=O) groups excluding carboxylic acids is 2. The number of benzene rings is 3. The van der Waals surface area contributed by atoms with Crippen LogP contribution < -0.4 is 16.4 Å². The highest BCUT2D eigenvalue weighted by Gasteiger charge is 2.13. The number of nitriles is 1. The molecule has 0 atom stereocenters. The van der Waals surface area contributed by atoms with Crippen LogP contribution in [0.15, 0.2) is 72.4 Å². The molecule has 0 aliphatic carbocycles. The Balaban J connectivity index is 1.80. The van der Waals surface area contributed by atoms with Gasteiger partial charge in [0.2, 0.25) is 0 Å². The minimum Gasteiger partial charge on any atom is -0.507 e. The van der Waals surface area contributed by atoms with E-state index in [4.69, 9.17) is 5.73 Å². The predicted molar refractivity (Wildman–Crippen MR) is 106 cm³/mol. The van der Waals surface area contributed by atoms with Crippen molar-refractivity contribution in [1.29, 1.82) is 5.26 Å². The Morgan fingerprint density at radius 2 is 1.71 bits per heavy atom. The predicted octanol–water partition coefficient (Wildman–Crippen LogP) is 2.90. The zero-order valence-electron chi connectivity index (χ0n) is 14.6. The molecule has 7 nitrogen and oxygen atoms in total. The third-order valence-electron chi connectivity index (χ3n) is 4.07. The summed E-state index contributed by atoms with van der Waals surface area (Å²) >= 11 is 0. The summed E-state index contributed by atoms with van der Waals surface area (Å²) in [7, 11) is 0. The molecule has 0 bridgehead atoms. The van der Waals surface area contributed by atoms with E-state index in [1.807, 2.05) is 0 Å². The molecule has 0 aliphatic heterocycles. The number of aromatic hydroxyl groups is 1. The maximum absolute atomic E-state index is 12.4. The number of phenolic OH excluding ortho intramolecular Hbond substituents is 1. The molecule has 5 N–H and O–H groups in total. The molecule has 3 rings (SSSR count). The lowest BCUT2D eigenvalue weighted by molar-refractivity contribution is -0.112. The quantitative estimate of drug-likeness (QED) is 0.318. The zero-order valence-corrected chi connectivity index (χ0v) is 14.6. The van der Waals surface area contributed by atoms with Gasteiger partial charge < -0.3 is 21.5 Å². The number of nitrogens with zero attached hydrogens (tertiary/aromatic N) is 1. The Hall–Kier alpha value is -4.31. The molecular weight excluding hydrogens is 356 g/mol. The monoisotopic (exact) mass is 372 g/mol. The van der Waals surface area contributed by atoms with Gasteiger partial charge in [0.15, 0.2) is 0 Å². The minimum absolute atomic E-state index is 0.0809. The Bertz CT molecular complexity index is 1150. The van der Waals surface area contributed by atoms with Gasteiger partial charge in [-0.2, -0.15) is 5.26 Å². The van der Waals surface area contributed by atoms with Crippen molar-refractivity contribution in [2.45, 2.75) is 0 Å². The fourth-order valence-corrected chi connectivity index (χ4v) is 2.66. The summed E-state index contributed by atoms with van der Waals surface area (Å²) in [5.41, 5.74) is 6.40. The number of phenols is 1. The maximum Gasteiger partial charge on any atom is 0.267 e. The second-order valence-corrected chi connectivity index (χ2v) is 5.86. The van der Waals surface area contributed by atoms with E-state index in [9.17, 15) is 20.0 Å². The Kier molecular flexibility index (Phi) is 5.23. The van der Waals surface area contributed by atoms with Gasteiger partial charge in [0.1, 0.15) is 17.4 Å². The number of nitrogens with one attached hydrogen (secondary N) is 2. The second-order valence-electron chi connectivity index (χ2n) is 5.86. The Labute approximate surface area is 160 Å². The molecule has 0 unspecified atom stereocenters. The first-order chi connectivity index (χ1) is 13.5. The first-order valence-corrected chi connectivity index (χ1v) is 8.29. The van der Waals surface area contributed by atoms with E-state index in [-0.39, 0.29) is 22.6 Å². The lowest BCUT2D eigenvalue weighted by Crippen LogP contribution is -2.22. The molecule has 3 aromatic carbocycles. The number of rotatable bonds is 4. The number of hydrogen-bond donors (Lipinski definition) is 4. The lowest BCUT2D eigenvalue weighted by atomic mass is 10.1. The smallest absolute Gasteiger partial charge is 0.267 e. The molecule has 3 aromatic rings. The van der Waals surface area contributed by atoms with Gasteiger partial charge in [-0.15, -0.1) is 0 Å². The van der Waals surface area contributed by atoms with Crippen molar-refractivity contribution >= 4 is 34.0 Å². The standard InChI is InChI=1S/C21H16N4O3/c22-11-13(12-24-21(28)16-5-1-2-8-17(16)23)20(27)25-18-9-3-7-15-14(18)6-4-10-19(15)26/h1-10,12,26H,23H2,(H,24,28)(H,25,27)/b13-12-. The van der Waals surface area contributed by atoms with Crippen LogP contribution in [0.2, 0.25) is 0 Å². The number of anilines is 2. The minimum atomic E-state index is -0.695. The maximum atomic E-state index is 12.4. The van der Waals surface area contributed by atoms with Crippen LogP contribution in [0.4, 0.5) is 11.4 Å². The SMILES string of the molecule is N#C/C(=C/NC(=O)c1ccccc1N)C(=O)Nc1cccc2c(O)cccc12. The zero-order chi connectivity index (χ0) is 20.1. The third kappa shape index (κ3) is 3.76. The topological polar surface area (TPSA) is 128 Å². The van der Waals surface area contributed by atoms with E-state index in [1.165, 1.54) is 6.07 Å². The molecule has 0 saturated heterocycles. The van der Waals surface area contributed by atoms with Crippen LogP contribution in [0.25, 0.3) is 10.8 Å². The molecule has 0 spiro atoms. The third-order valence-corrected chi connectivity index (χ3v) is 4.07. The van der Waals surface area contributed by atoms with Crippen LogP contribution in [0.1, 0.15) is 10.4 Å². The average molecular weight is 372 g/mol. The molecule has 0 aliphatic rings. The van der Waals surface area contributed by atoms with E-state index < -0.39 is 11.8 Å². The van der Waals surface area contributed by atoms with Crippen LogP contribution in [-0.4, -0.2) is 16.9 Å². The molecule has 0 heterocycles. The highest BCUT2D eigenvalue weighted by atomic mass is 16.3. The summed E-state index contributed by atoms with van der Waals surface area (Å²) in [5, 5.41) is 25.4. The normalized spacial score (nSPS) is 10.9. The van der Waals surface area contributed by atoms with Crippen molar-refractivity contribution in [3.05, 3.63) is 78.0 Å². The molecule has 2 amide bonds. The summed E-state index contributed by atoms with van der Waals surface area (Å²) in [6, 6.07) is 18.2. The van der Waals surface area contributed by atoms with Gasteiger partial charge in [-0.1, -0.05) is 36.4 Å². The van der Waals surface area contributed by atoms with Gasteiger partial charge in [0, 0.05) is 28.3 Å². The summed E-state index contributed by atoms with van der Waals surface area (Å²) in [5.74, 6) is -1.15. The van der Waals surface area contributed by atoms with Crippen LogP contribution >= 0.6 is 0 Å². The lowest BCUT2D eigenvalue weighted by Gasteiger charge is -2.09. The van der Waals surface area contributed by atoms with E-state index in [0.29, 0.717) is 16.5 Å². The van der Waals surface area contributed by atoms with Gasteiger partial charge in [0.25, 0.3) is 11.8 Å². The highest BCUT2D eigenvalue weighted by molar-refractivity contribution is 6.11. The van der Waals surface area contributed by atoms with Gasteiger partial charge in [-0.3, -0.25) is 9.59 Å². The molecule has 0 aromatic heterocycles. The van der Waals surface area contributed by atoms with Crippen LogP contribution in [0.5, 0.6) is 5.75 Å². The number of fused-ring (bicyclic) bond motifs is 1. The molecule has 28 heavy (non-hydrogen) atoms. The average Bonchev–Trinajstić information content (AvgIpc) is 2.69. The van der Waals surface area contributed by atoms with Crippen LogP contribution in [0, 0.1) is 11.3 Å². The van der Waals surface area contributed by atoms with Crippen molar-refractivity contribution in [2.75, 3.05) is 11.1 Å². The Morgan fingerprint density at radius 1 is 1.00 bits per heavy atom. The van der Waals surface area contributed by atoms with Crippen LogP contribution in [-0.2, 0) is 4.79 Å². The summed E-state index contributed by atoms with van der Waals surface area (Å²) < 4.78 is 0. The first kappa shape index (κ1) is 18.5. The number of nitrogens with two attached hydrogens (primary N) is 1. The highest BCUT2D eigenvalue weighted by Crippen LogP contribution is 2.29. The second kappa shape index (κ2) is 7.93. The van der Waals surface area contributed by atoms with E-state index in [2.05, 4.69) is 10.6 Å². The summed E-state index contributed by atoms with van der Waals surface area (Å²) in [6.07, 6.45) is 1.03. The van der Waals surface area contributed by atoms with Gasteiger partial charge in [-0.05, 0) is 24.3 Å². The van der Waals surface area contributed by atoms with E-state index in [0.717, 1.165) is 6.20 Å². The number of amides is 2. The molecular formula is C21H16N4O3. The van der Waals surface area contributed by atoms with Crippen molar-refractivity contribution in [3.8, 4) is 11.8 Å². The number of hydrogen-bond acceptors (Lipinski definition) is 5. The molecule has 7 heteroatoms. The van der Waals surface area contributed by atoms with Crippen molar-refractivity contribution in [3.63, 3.8) is 0 Å². The first-order valence-electron chi connectivity index (χ1n) is 8.29. The number of carbonyl (C=O) groups is 2. The van der Waals surface area contributed by atoms with Crippen molar-refractivity contribution < 1.29 is 14.7 Å². The van der Waals surface area contributed by atoms with Crippen molar-refractivity contribution in [2.24, 2.45) is 0 Å². The molecule has 138 valence electrons. The number of para-hydroxylation sites is 1.